The van der Waals surface area contributed by atoms with Crippen LogP contribution in [0.1, 0.15) is 24.1 Å². The highest BCUT2D eigenvalue weighted by Crippen LogP contribution is 2.35. The molecule has 1 heterocycles. The molecule has 26 heavy (non-hydrogen) atoms. The van der Waals surface area contributed by atoms with Gasteiger partial charge in [0.2, 0.25) is 0 Å². The average molecular weight is 342 g/mol. The fourth-order valence-electron chi connectivity index (χ4n) is 3.24. The second-order valence-corrected chi connectivity index (χ2v) is 6.21. The maximum absolute atomic E-state index is 5.55. The summed E-state index contributed by atoms with van der Waals surface area (Å²) in [5, 5.41) is 2.21. The van der Waals surface area contributed by atoms with Gasteiger partial charge in [0.15, 0.2) is 0 Å². The number of hydrazine groups is 1. The minimum absolute atomic E-state index is 0.139. The molecule has 1 N–H and O–H groups in total. The average Bonchev–Trinajstić information content (AvgIpc) is 3.16. The van der Waals surface area contributed by atoms with Crippen LogP contribution in [0, 0.1) is 0 Å². The Labute approximate surface area is 154 Å². The molecule has 0 saturated carbocycles. The summed E-state index contributed by atoms with van der Waals surface area (Å²) in [5.74, 6) is 0.898. The van der Waals surface area contributed by atoms with Crippen molar-refractivity contribution in [3.05, 3.63) is 102 Å². The third kappa shape index (κ3) is 3.29. The number of hydrogen-bond donors (Lipinski definition) is 1. The van der Waals surface area contributed by atoms with Crippen molar-refractivity contribution in [3.8, 4) is 5.75 Å². The molecule has 0 saturated heterocycles. The number of ether oxygens (including phenoxy) is 1. The van der Waals surface area contributed by atoms with Crippen molar-refractivity contribution in [1.82, 2.24) is 5.43 Å². The zero-order chi connectivity index (χ0) is 17.8. The van der Waals surface area contributed by atoms with E-state index >= 15 is 0 Å². The number of para-hydroxylation sites is 1. The van der Waals surface area contributed by atoms with Crippen molar-refractivity contribution < 1.29 is 4.74 Å². The van der Waals surface area contributed by atoms with Gasteiger partial charge in [0.1, 0.15) is 5.75 Å². The summed E-state index contributed by atoms with van der Waals surface area (Å²) in [6.45, 7) is 2.68. The molecule has 0 bridgehead atoms. The van der Waals surface area contributed by atoms with Crippen LogP contribution >= 0.6 is 0 Å². The van der Waals surface area contributed by atoms with Crippen LogP contribution in [-0.4, -0.2) is 6.61 Å². The molecule has 0 aromatic heterocycles. The van der Waals surface area contributed by atoms with Gasteiger partial charge in [-0.2, -0.15) is 0 Å². The predicted molar refractivity (Wildman–Crippen MR) is 107 cm³/mol. The van der Waals surface area contributed by atoms with Crippen molar-refractivity contribution in [2.75, 3.05) is 11.6 Å². The summed E-state index contributed by atoms with van der Waals surface area (Å²) in [7, 11) is 0. The highest BCUT2D eigenvalue weighted by molar-refractivity contribution is 5.72. The van der Waals surface area contributed by atoms with Crippen molar-refractivity contribution in [2.45, 2.75) is 13.0 Å². The lowest BCUT2D eigenvalue weighted by Crippen LogP contribution is -2.33. The number of nitrogens with one attached hydrogen (secondary N) is 1. The summed E-state index contributed by atoms with van der Waals surface area (Å²) in [4.78, 5) is 0. The summed E-state index contributed by atoms with van der Waals surface area (Å²) in [5.41, 5.74) is 8.22. The van der Waals surface area contributed by atoms with Crippen molar-refractivity contribution >= 4 is 11.4 Å². The quantitative estimate of drug-likeness (QED) is 0.690. The molecule has 0 aliphatic carbocycles. The van der Waals surface area contributed by atoms with Crippen LogP contribution in [0.4, 0.5) is 5.69 Å². The molecule has 0 amide bonds. The van der Waals surface area contributed by atoms with Crippen LogP contribution in [0.3, 0.4) is 0 Å². The Morgan fingerprint density at radius 2 is 1.50 bits per heavy atom. The highest BCUT2D eigenvalue weighted by atomic mass is 16.5. The molecule has 4 rings (SSSR count). The van der Waals surface area contributed by atoms with E-state index in [2.05, 4.69) is 83.2 Å². The molecule has 3 aromatic rings. The van der Waals surface area contributed by atoms with Crippen LogP contribution in [0.25, 0.3) is 5.70 Å². The number of nitrogens with zero attached hydrogens (tertiary/aromatic N) is 1. The fourth-order valence-corrected chi connectivity index (χ4v) is 3.24. The zero-order valence-electron chi connectivity index (χ0n) is 14.8. The molecule has 0 spiro atoms. The Kier molecular flexibility index (Phi) is 4.61. The summed E-state index contributed by atoms with van der Waals surface area (Å²) < 4.78 is 5.55. The van der Waals surface area contributed by atoms with Crippen LogP contribution in [0.5, 0.6) is 5.75 Å². The van der Waals surface area contributed by atoms with E-state index in [4.69, 9.17) is 4.74 Å². The first-order valence-corrected chi connectivity index (χ1v) is 8.96. The smallest absolute Gasteiger partial charge is 0.119 e. The second-order valence-electron chi connectivity index (χ2n) is 6.21. The van der Waals surface area contributed by atoms with Crippen LogP contribution < -0.4 is 15.2 Å². The lowest BCUT2D eigenvalue weighted by molar-refractivity contribution is 0.340. The van der Waals surface area contributed by atoms with Gasteiger partial charge in [0.25, 0.3) is 0 Å². The van der Waals surface area contributed by atoms with Gasteiger partial charge in [-0.05, 0) is 60.5 Å². The molecule has 1 unspecified atom stereocenters. The van der Waals surface area contributed by atoms with Gasteiger partial charge in [0.05, 0.1) is 24.0 Å². The SMILES string of the molecule is CCOc1ccc(C2=CC(c3ccccc3)N(c3ccccc3)N2)cc1. The van der Waals surface area contributed by atoms with Gasteiger partial charge in [-0.3, -0.25) is 10.4 Å². The summed E-state index contributed by atoms with van der Waals surface area (Å²) in [6.07, 6.45) is 2.28. The highest BCUT2D eigenvalue weighted by Gasteiger charge is 2.26. The number of anilines is 1. The minimum atomic E-state index is 0.139. The van der Waals surface area contributed by atoms with E-state index in [0.717, 1.165) is 22.7 Å². The zero-order valence-corrected chi connectivity index (χ0v) is 14.8. The van der Waals surface area contributed by atoms with E-state index in [1.807, 2.05) is 25.1 Å². The monoisotopic (exact) mass is 342 g/mol. The third-order valence-corrected chi connectivity index (χ3v) is 4.50. The van der Waals surface area contributed by atoms with Crippen molar-refractivity contribution in [3.63, 3.8) is 0 Å². The number of rotatable bonds is 5. The molecule has 1 atom stereocenters. The van der Waals surface area contributed by atoms with Crippen molar-refractivity contribution in [1.29, 1.82) is 0 Å². The standard InChI is InChI=1S/C23H22N2O/c1-2-26-21-15-13-18(14-16-21)22-17-23(19-9-5-3-6-10-19)25(24-22)20-11-7-4-8-12-20/h3-17,23-24H,2H2,1H3. The van der Waals surface area contributed by atoms with Crippen LogP contribution in [-0.2, 0) is 0 Å². The van der Waals surface area contributed by atoms with Gasteiger partial charge in [-0.1, -0.05) is 48.5 Å². The van der Waals surface area contributed by atoms with Gasteiger partial charge in [-0.15, -0.1) is 0 Å². The van der Waals surface area contributed by atoms with E-state index in [1.54, 1.807) is 0 Å². The van der Waals surface area contributed by atoms with Gasteiger partial charge in [0, 0.05) is 0 Å². The molecule has 0 radical (unpaired) electrons. The normalized spacial score (nSPS) is 16.1. The third-order valence-electron chi connectivity index (χ3n) is 4.50. The molecule has 1 aliphatic rings. The number of benzene rings is 3. The molecule has 3 aromatic carbocycles. The first-order chi connectivity index (χ1) is 12.8. The Morgan fingerprint density at radius 3 is 2.15 bits per heavy atom. The molecular formula is C23H22N2O. The van der Waals surface area contributed by atoms with E-state index in [0.29, 0.717) is 6.61 Å². The topological polar surface area (TPSA) is 24.5 Å². The summed E-state index contributed by atoms with van der Waals surface area (Å²) in [6, 6.07) is 29.3. The van der Waals surface area contributed by atoms with E-state index in [9.17, 15) is 0 Å². The van der Waals surface area contributed by atoms with Gasteiger partial charge in [-0.25, -0.2) is 0 Å². The molecule has 130 valence electrons. The van der Waals surface area contributed by atoms with Crippen molar-refractivity contribution in [2.24, 2.45) is 0 Å². The molecular weight excluding hydrogens is 320 g/mol. The summed E-state index contributed by atoms with van der Waals surface area (Å²) >= 11 is 0. The largest absolute Gasteiger partial charge is 0.494 e. The lowest BCUT2D eigenvalue weighted by atomic mass is 10.0. The predicted octanol–water partition coefficient (Wildman–Crippen LogP) is 5.19. The van der Waals surface area contributed by atoms with E-state index in [1.165, 1.54) is 5.56 Å². The second kappa shape index (κ2) is 7.36. The minimum Gasteiger partial charge on any atom is -0.494 e. The van der Waals surface area contributed by atoms with E-state index < -0.39 is 0 Å². The first-order valence-electron chi connectivity index (χ1n) is 8.96. The Morgan fingerprint density at radius 1 is 0.846 bits per heavy atom. The van der Waals surface area contributed by atoms with Gasteiger partial charge >= 0.3 is 0 Å². The van der Waals surface area contributed by atoms with Crippen LogP contribution in [0.15, 0.2) is 91.0 Å². The first kappa shape index (κ1) is 16.3. The molecule has 3 heteroatoms. The Balaban J connectivity index is 1.68. The van der Waals surface area contributed by atoms with E-state index in [-0.39, 0.29) is 6.04 Å². The van der Waals surface area contributed by atoms with Crippen LogP contribution in [0.2, 0.25) is 0 Å². The maximum atomic E-state index is 5.55. The fraction of sp³-hybridized carbons (Fsp3) is 0.130. The molecule has 0 fully saturated rings. The maximum Gasteiger partial charge on any atom is 0.119 e. The molecule has 1 aliphatic heterocycles. The Bertz CT molecular complexity index is 873. The van der Waals surface area contributed by atoms with Gasteiger partial charge < -0.3 is 4.74 Å². The molecule has 3 nitrogen and oxygen atoms in total. The Hall–Kier alpha value is -3.20. The number of hydrogen-bond acceptors (Lipinski definition) is 3. The lowest BCUT2D eigenvalue weighted by Gasteiger charge is -2.27.